The Balaban J connectivity index is 1.85. The third-order valence-corrected chi connectivity index (χ3v) is 3.92. The summed E-state index contributed by atoms with van der Waals surface area (Å²) in [6.07, 6.45) is 0.441. The molecule has 7 nitrogen and oxygen atoms in total. The topological polar surface area (TPSA) is 84.9 Å². The first-order valence-corrected chi connectivity index (χ1v) is 7.81. The number of benzene rings is 1. The SMILES string of the molecule is CNC(=O)CN(C)C(=O)COC(=O)[C@H]1COc2ccc(Cl)cc2C1. The molecule has 0 spiro atoms. The fourth-order valence-corrected chi connectivity index (χ4v) is 2.45. The third kappa shape index (κ3) is 4.61. The van der Waals surface area contributed by atoms with Crippen molar-refractivity contribution in [2.45, 2.75) is 6.42 Å². The van der Waals surface area contributed by atoms with Gasteiger partial charge in [0.25, 0.3) is 5.91 Å². The van der Waals surface area contributed by atoms with Crippen LogP contribution in [0.5, 0.6) is 5.75 Å². The molecule has 0 radical (unpaired) electrons. The molecule has 2 rings (SSSR count). The predicted molar refractivity (Wildman–Crippen MR) is 86.8 cm³/mol. The van der Waals surface area contributed by atoms with Crippen molar-refractivity contribution in [1.29, 1.82) is 0 Å². The molecule has 0 aliphatic carbocycles. The number of amides is 2. The molecule has 2 amide bonds. The lowest BCUT2D eigenvalue weighted by Gasteiger charge is -2.24. The zero-order valence-electron chi connectivity index (χ0n) is 13.5. The van der Waals surface area contributed by atoms with Crippen LogP contribution in [-0.4, -0.2) is 56.5 Å². The Kier molecular flexibility index (Phi) is 6.03. The number of ether oxygens (including phenoxy) is 2. The highest BCUT2D eigenvalue weighted by Gasteiger charge is 2.28. The van der Waals surface area contributed by atoms with Gasteiger partial charge in [0.15, 0.2) is 6.61 Å². The van der Waals surface area contributed by atoms with Crippen LogP contribution in [0.4, 0.5) is 0 Å². The van der Waals surface area contributed by atoms with E-state index in [4.69, 9.17) is 21.1 Å². The van der Waals surface area contributed by atoms with Crippen LogP contribution < -0.4 is 10.1 Å². The minimum absolute atomic E-state index is 0.0920. The molecule has 0 aromatic heterocycles. The van der Waals surface area contributed by atoms with Gasteiger partial charge in [0.05, 0.1) is 12.5 Å². The molecule has 1 aromatic carbocycles. The highest BCUT2D eigenvalue weighted by Crippen LogP contribution is 2.30. The Morgan fingerprint density at radius 1 is 1.42 bits per heavy atom. The van der Waals surface area contributed by atoms with Gasteiger partial charge in [-0.25, -0.2) is 0 Å². The highest BCUT2D eigenvalue weighted by atomic mass is 35.5. The smallest absolute Gasteiger partial charge is 0.313 e. The lowest BCUT2D eigenvalue weighted by molar-refractivity contribution is -0.156. The summed E-state index contributed by atoms with van der Waals surface area (Å²) in [4.78, 5) is 36.4. The van der Waals surface area contributed by atoms with Gasteiger partial charge in [-0.2, -0.15) is 0 Å². The maximum atomic E-state index is 12.1. The average Bonchev–Trinajstić information content (AvgIpc) is 2.58. The summed E-state index contributed by atoms with van der Waals surface area (Å²) in [5.74, 6) is -1.06. The minimum atomic E-state index is -0.512. The van der Waals surface area contributed by atoms with Gasteiger partial charge in [0.1, 0.15) is 12.4 Å². The standard InChI is InChI=1S/C16H19ClN2O5/c1-18-14(20)7-19(2)15(21)9-24-16(22)11-5-10-6-12(17)3-4-13(10)23-8-11/h3-4,6,11H,5,7-9H2,1-2H3,(H,18,20)/t11-/m1/s1. The number of halogens is 1. The fourth-order valence-electron chi connectivity index (χ4n) is 2.26. The van der Waals surface area contributed by atoms with Crippen molar-refractivity contribution in [2.75, 3.05) is 33.9 Å². The molecule has 1 aromatic rings. The van der Waals surface area contributed by atoms with E-state index in [1.54, 1.807) is 18.2 Å². The van der Waals surface area contributed by atoms with Gasteiger partial charge in [-0.05, 0) is 30.2 Å². The third-order valence-electron chi connectivity index (χ3n) is 3.69. The summed E-state index contributed by atoms with van der Waals surface area (Å²) >= 11 is 5.94. The predicted octanol–water partition coefficient (Wildman–Crippen LogP) is 0.639. The van der Waals surface area contributed by atoms with Gasteiger partial charge in [-0.3, -0.25) is 14.4 Å². The van der Waals surface area contributed by atoms with E-state index in [0.29, 0.717) is 17.2 Å². The summed E-state index contributed by atoms with van der Waals surface area (Å²) in [5.41, 5.74) is 0.832. The van der Waals surface area contributed by atoms with Crippen LogP contribution in [0.3, 0.4) is 0 Å². The zero-order valence-corrected chi connectivity index (χ0v) is 14.3. The molecule has 0 saturated heterocycles. The van der Waals surface area contributed by atoms with Crippen LogP contribution in [0.15, 0.2) is 18.2 Å². The first kappa shape index (κ1) is 18.1. The van der Waals surface area contributed by atoms with E-state index in [9.17, 15) is 14.4 Å². The summed E-state index contributed by atoms with van der Waals surface area (Å²) in [7, 11) is 2.95. The molecule has 24 heavy (non-hydrogen) atoms. The van der Waals surface area contributed by atoms with Crippen molar-refractivity contribution < 1.29 is 23.9 Å². The van der Waals surface area contributed by atoms with Crippen molar-refractivity contribution in [3.63, 3.8) is 0 Å². The minimum Gasteiger partial charge on any atom is -0.492 e. The van der Waals surface area contributed by atoms with Gasteiger partial charge in [-0.15, -0.1) is 0 Å². The molecule has 1 N–H and O–H groups in total. The van der Waals surface area contributed by atoms with Crippen molar-refractivity contribution >= 4 is 29.4 Å². The average molecular weight is 355 g/mol. The van der Waals surface area contributed by atoms with E-state index in [-0.39, 0.29) is 19.1 Å². The maximum absolute atomic E-state index is 12.1. The molecule has 0 saturated carbocycles. The van der Waals surface area contributed by atoms with E-state index < -0.39 is 24.4 Å². The van der Waals surface area contributed by atoms with Crippen LogP contribution >= 0.6 is 11.6 Å². The maximum Gasteiger partial charge on any atom is 0.313 e. The molecule has 0 unspecified atom stereocenters. The van der Waals surface area contributed by atoms with E-state index in [1.807, 2.05) is 0 Å². The normalized spacial score (nSPS) is 15.7. The number of likely N-dealkylation sites (N-methyl/N-ethyl adjacent to an activating group) is 2. The first-order chi connectivity index (χ1) is 11.4. The zero-order chi connectivity index (χ0) is 17.7. The number of carbonyl (C=O) groups excluding carboxylic acids is 3. The van der Waals surface area contributed by atoms with Crippen LogP contribution in [0.1, 0.15) is 5.56 Å². The Morgan fingerprint density at radius 2 is 2.17 bits per heavy atom. The molecule has 0 fully saturated rings. The number of carbonyl (C=O) groups is 3. The van der Waals surface area contributed by atoms with Gasteiger partial charge < -0.3 is 19.7 Å². The van der Waals surface area contributed by atoms with E-state index >= 15 is 0 Å². The molecular formula is C16H19ClN2O5. The fraction of sp³-hybridized carbons (Fsp3) is 0.438. The first-order valence-electron chi connectivity index (χ1n) is 7.43. The second-order valence-electron chi connectivity index (χ2n) is 5.49. The van der Waals surface area contributed by atoms with E-state index in [0.717, 1.165) is 5.56 Å². The number of hydrogen-bond donors (Lipinski definition) is 1. The number of fused-ring (bicyclic) bond motifs is 1. The monoisotopic (exact) mass is 354 g/mol. The summed E-state index contributed by atoms with van der Waals surface area (Å²) < 4.78 is 10.6. The van der Waals surface area contributed by atoms with Crippen molar-refractivity contribution in [3.8, 4) is 5.75 Å². The highest BCUT2D eigenvalue weighted by molar-refractivity contribution is 6.30. The van der Waals surface area contributed by atoms with Crippen molar-refractivity contribution in [3.05, 3.63) is 28.8 Å². The van der Waals surface area contributed by atoms with Crippen molar-refractivity contribution in [2.24, 2.45) is 5.92 Å². The Hall–Kier alpha value is -2.28. The molecule has 1 heterocycles. The molecule has 1 aliphatic rings. The number of hydrogen-bond acceptors (Lipinski definition) is 5. The number of nitrogens with one attached hydrogen (secondary N) is 1. The Labute approximate surface area is 144 Å². The van der Waals surface area contributed by atoms with Crippen molar-refractivity contribution in [1.82, 2.24) is 10.2 Å². The van der Waals surface area contributed by atoms with Crippen LogP contribution in [0.2, 0.25) is 5.02 Å². The number of nitrogens with zero attached hydrogens (tertiary/aromatic N) is 1. The van der Waals surface area contributed by atoms with Crippen LogP contribution in [0, 0.1) is 5.92 Å². The lowest BCUT2D eigenvalue weighted by atomic mass is 9.97. The largest absolute Gasteiger partial charge is 0.492 e. The summed E-state index contributed by atoms with van der Waals surface area (Å²) in [6, 6.07) is 5.23. The molecule has 8 heteroatoms. The molecule has 1 atom stereocenters. The van der Waals surface area contributed by atoms with Gasteiger partial charge in [0, 0.05) is 19.1 Å². The number of esters is 1. The van der Waals surface area contributed by atoms with Gasteiger partial charge in [0.2, 0.25) is 5.91 Å². The van der Waals surface area contributed by atoms with Gasteiger partial charge >= 0.3 is 5.97 Å². The van der Waals surface area contributed by atoms with E-state index in [1.165, 1.54) is 19.0 Å². The van der Waals surface area contributed by atoms with Gasteiger partial charge in [-0.1, -0.05) is 11.6 Å². The lowest BCUT2D eigenvalue weighted by Crippen LogP contribution is -2.39. The molecule has 130 valence electrons. The number of rotatable bonds is 5. The second-order valence-corrected chi connectivity index (χ2v) is 5.93. The molecular weight excluding hydrogens is 336 g/mol. The Morgan fingerprint density at radius 3 is 2.88 bits per heavy atom. The van der Waals surface area contributed by atoms with E-state index in [2.05, 4.69) is 5.32 Å². The molecule has 0 bridgehead atoms. The van der Waals surface area contributed by atoms with Crippen LogP contribution in [-0.2, 0) is 25.5 Å². The second kappa shape index (κ2) is 8.01. The quantitative estimate of drug-likeness (QED) is 0.784. The summed E-state index contributed by atoms with van der Waals surface area (Å²) in [6.45, 7) is -0.313. The Bertz CT molecular complexity index is 649. The molecule has 1 aliphatic heterocycles. The van der Waals surface area contributed by atoms with Crippen LogP contribution in [0.25, 0.3) is 0 Å². The summed E-state index contributed by atoms with van der Waals surface area (Å²) in [5, 5.41) is 2.98.